The molecule has 0 radical (unpaired) electrons. The van der Waals surface area contributed by atoms with Gasteiger partial charge in [0.05, 0.1) is 0 Å². The van der Waals surface area contributed by atoms with Crippen LogP contribution in [0.5, 0.6) is 0 Å². The van der Waals surface area contributed by atoms with E-state index in [4.69, 9.17) is 8.23 Å². The van der Waals surface area contributed by atoms with Crippen molar-refractivity contribution in [2.24, 2.45) is 0 Å². The molecular formula is C16H26O2Si3. The van der Waals surface area contributed by atoms with Gasteiger partial charge in [-0.15, -0.1) is 19.7 Å². The standard InChI is InChI=1S/C16H26O2Si3/c1-8-19(4,5)17-21(10-3,18-20(6,7)9-2)16-14-12-11-13-15-16/h8-15H,1-3H2,4-7H3. The summed E-state index contributed by atoms with van der Waals surface area (Å²) in [5.74, 6) is 0. The van der Waals surface area contributed by atoms with Gasteiger partial charge in [0.25, 0.3) is 0 Å². The van der Waals surface area contributed by atoms with Gasteiger partial charge in [-0.05, 0) is 37.1 Å². The number of hydrogen-bond donors (Lipinski definition) is 0. The first kappa shape index (κ1) is 18.1. The Kier molecular flexibility index (Phi) is 5.89. The molecule has 2 nitrogen and oxygen atoms in total. The van der Waals surface area contributed by atoms with E-state index in [9.17, 15) is 0 Å². The minimum Gasteiger partial charge on any atom is -0.427 e. The van der Waals surface area contributed by atoms with E-state index in [1.54, 1.807) is 0 Å². The first-order valence-electron chi connectivity index (χ1n) is 7.07. The quantitative estimate of drug-likeness (QED) is 0.670. The van der Waals surface area contributed by atoms with E-state index in [-0.39, 0.29) is 0 Å². The second kappa shape index (κ2) is 6.85. The molecule has 1 aromatic rings. The molecule has 0 fully saturated rings. The first-order chi connectivity index (χ1) is 9.70. The Bertz CT molecular complexity index is 488. The van der Waals surface area contributed by atoms with Crippen LogP contribution in [0.15, 0.2) is 67.2 Å². The van der Waals surface area contributed by atoms with Crippen molar-refractivity contribution in [3.63, 3.8) is 0 Å². The molecule has 0 aliphatic heterocycles. The molecule has 1 rings (SSSR count). The molecule has 5 heteroatoms. The van der Waals surface area contributed by atoms with E-state index < -0.39 is 25.2 Å². The van der Waals surface area contributed by atoms with Crippen LogP contribution in [-0.4, -0.2) is 25.2 Å². The molecule has 0 heterocycles. The first-order valence-corrected chi connectivity index (χ1v) is 14.9. The fourth-order valence-corrected chi connectivity index (χ4v) is 11.8. The Morgan fingerprint density at radius 2 is 1.19 bits per heavy atom. The fraction of sp³-hybridized carbons (Fsp3) is 0.250. The van der Waals surface area contributed by atoms with Crippen molar-refractivity contribution in [1.29, 1.82) is 0 Å². The van der Waals surface area contributed by atoms with Crippen molar-refractivity contribution in [3.05, 3.63) is 67.2 Å². The summed E-state index contributed by atoms with van der Waals surface area (Å²) < 4.78 is 13.1. The number of benzene rings is 1. The van der Waals surface area contributed by atoms with E-state index in [2.05, 4.69) is 58.1 Å². The highest BCUT2D eigenvalue weighted by atomic mass is 28.5. The van der Waals surface area contributed by atoms with Crippen molar-refractivity contribution in [1.82, 2.24) is 0 Å². The molecule has 1 aromatic carbocycles. The summed E-state index contributed by atoms with van der Waals surface area (Å²) in [5, 5.41) is 1.09. The maximum atomic E-state index is 6.55. The highest BCUT2D eigenvalue weighted by Gasteiger charge is 2.45. The fourth-order valence-electron chi connectivity index (χ4n) is 1.88. The second-order valence-corrected chi connectivity index (χ2v) is 17.2. The van der Waals surface area contributed by atoms with Crippen molar-refractivity contribution in [2.45, 2.75) is 26.2 Å². The van der Waals surface area contributed by atoms with E-state index in [0.29, 0.717) is 0 Å². The molecule has 0 aliphatic rings. The van der Waals surface area contributed by atoms with Gasteiger partial charge in [-0.1, -0.05) is 41.7 Å². The average molecular weight is 335 g/mol. The van der Waals surface area contributed by atoms with Gasteiger partial charge in [-0.3, -0.25) is 0 Å². The molecule has 0 N–H and O–H groups in total. The Hall–Kier alpha value is -0.989. The third-order valence-electron chi connectivity index (χ3n) is 3.26. The van der Waals surface area contributed by atoms with Gasteiger partial charge < -0.3 is 8.23 Å². The summed E-state index contributed by atoms with van der Waals surface area (Å²) in [6.45, 7) is 20.4. The van der Waals surface area contributed by atoms with Gasteiger partial charge in [0.1, 0.15) is 0 Å². The Balaban J connectivity index is 3.35. The third kappa shape index (κ3) is 4.76. The summed E-state index contributed by atoms with van der Waals surface area (Å²) >= 11 is 0. The smallest absolute Gasteiger partial charge is 0.378 e. The maximum absolute atomic E-state index is 6.55. The van der Waals surface area contributed by atoms with Crippen LogP contribution >= 0.6 is 0 Å². The van der Waals surface area contributed by atoms with Crippen LogP contribution in [0.3, 0.4) is 0 Å². The average Bonchev–Trinajstić information content (AvgIpc) is 2.47. The van der Waals surface area contributed by atoms with Crippen LogP contribution < -0.4 is 5.19 Å². The number of hydrogen-bond acceptors (Lipinski definition) is 2. The molecular weight excluding hydrogens is 308 g/mol. The van der Waals surface area contributed by atoms with E-state index in [1.165, 1.54) is 0 Å². The topological polar surface area (TPSA) is 18.5 Å². The summed E-state index contributed by atoms with van der Waals surface area (Å²) in [6, 6.07) is 10.2. The summed E-state index contributed by atoms with van der Waals surface area (Å²) in [5.41, 5.74) is 5.76. The lowest BCUT2D eigenvalue weighted by molar-refractivity contribution is 0.417. The van der Waals surface area contributed by atoms with Gasteiger partial charge >= 0.3 is 8.56 Å². The van der Waals surface area contributed by atoms with Crippen molar-refractivity contribution < 1.29 is 8.23 Å². The van der Waals surface area contributed by atoms with Crippen molar-refractivity contribution in [2.75, 3.05) is 0 Å². The molecule has 0 spiro atoms. The SMILES string of the molecule is C=C[Si](C)(C)O[Si](C=C)(O[Si](C)(C)C=C)c1ccccc1. The highest BCUT2D eigenvalue weighted by Crippen LogP contribution is 2.22. The summed E-state index contributed by atoms with van der Waals surface area (Å²) in [7, 11) is -6.74. The monoisotopic (exact) mass is 334 g/mol. The van der Waals surface area contributed by atoms with E-state index in [0.717, 1.165) is 5.19 Å². The molecule has 0 atom stereocenters. The molecule has 0 aromatic heterocycles. The van der Waals surface area contributed by atoms with Crippen LogP contribution in [0.4, 0.5) is 0 Å². The third-order valence-corrected chi connectivity index (χ3v) is 13.5. The molecule has 0 bridgehead atoms. The van der Waals surface area contributed by atoms with Crippen LogP contribution in [0.1, 0.15) is 0 Å². The van der Waals surface area contributed by atoms with Crippen LogP contribution in [0.2, 0.25) is 26.2 Å². The lowest BCUT2D eigenvalue weighted by Crippen LogP contribution is -2.61. The molecule has 0 saturated carbocycles. The van der Waals surface area contributed by atoms with Gasteiger partial charge in [0.2, 0.25) is 16.6 Å². The molecule has 114 valence electrons. The van der Waals surface area contributed by atoms with Gasteiger partial charge in [0.15, 0.2) is 0 Å². The predicted molar refractivity (Wildman–Crippen MR) is 99.6 cm³/mol. The lowest BCUT2D eigenvalue weighted by Gasteiger charge is -2.39. The Labute approximate surface area is 132 Å². The molecule has 0 amide bonds. The Morgan fingerprint density at radius 3 is 1.52 bits per heavy atom. The normalized spacial score (nSPS) is 12.8. The van der Waals surface area contributed by atoms with Crippen LogP contribution in [0, 0.1) is 0 Å². The minimum absolute atomic E-state index is 1.09. The maximum Gasteiger partial charge on any atom is 0.378 e. The highest BCUT2D eigenvalue weighted by molar-refractivity contribution is 6.99. The molecule has 0 aliphatic carbocycles. The number of rotatable bonds is 8. The zero-order valence-electron chi connectivity index (χ0n) is 13.6. The van der Waals surface area contributed by atoms with Gasteiger partial charge in [0, 0.05) is 0 Å². The van der Waals surface area contributed by atoms with Gasteiger partial charge in [-0.25, -0.2) is 0 Å². The zero-order chi connectivity index (χ0) is 16.1. The lowest BCUT2D eigenvalue weighted by atomic mass is 10.4. The predicted octanol–water partition coefficient (Wildman–Crippen LogP) is 3.95. The zero-order valence-corrected chi connectivity index (χ0v) is 16.6. The Morgan fingerprint density at radius 1 is 0.762 bits per heavy atom. The molecule has 0 saturated heterocycles. The molecule has 0 unspecified atom stereocenters. The second-order valence-electron chi connectivity index (χ2n) is 6.06. The largest absolute Gasteiger partial charge is 0.427 e. The van der Waals surface area contributed by atoms with Crippen LogP contribution in [0.25, 0.3) is 0 Å². The summed E-state index contributed by atoms with van der Waals surface area (Å²) in [4.78, 5) is 0. The molecule has 21 heavy (non-hydrogen) atoms. The van der Waals surface area contributed by atoms with Crippen molar-refractivity contribution in [3.8, 4) is 0 Å². The minimum atomic E-state index is -2.71. The summed E-state index contributed by atoms with van der Waals surface area (Å²) in [6.07, 6.45) is 0. The van der Waals surface area contributed by atoms with E-state index in [1.807, 2.05) is 35.3 Å². The van der Waals surface area contributed by atoms with E-state index >= 15 is 0 Å². The van der Waals surface area contributed by atoms with Gasteiger partial charge in [-0.2, -0.15) is 0 Å². The van der Waals surface area contributed by atoms with Crippen molar-refractivity contribution >= 4 is 30.4 Å². The van der Waals surface area contributed by atoms with Crippen LogP contribution in [-0.2, 0) is 8.23 Å².